The minimum absolute atomic E-state index is 0.149. The summed E-state index contributed by atoms with van der Waals surface area (Å²) < 4.78 is 4.93. The fraction of sp³-hybridized carbons (Fsp3) is 0.714. The van der Waals surface area contributed by atoms with E-state index in [2.05, 4.69) is 13.8 Å². The Morgan fingerprint density at radius 3 is 2.44 bits per heavy atom. The Morgan fingerprint density at radius 1 is 1.17 bits per heavy atom. The van der Waals surface area contributed by atoms with Crippen LogP contribution >= 0.6 is 0 Å². The zero-order valence-corrected chi connectivity index (χ0v) is 11.4. The zero-order chi connectivity index (χ0) is 13.8. The maximum Gasteiger partial charge on any atom is 0.330 e. The molecule has 0 unspecified atom stereocenters. The van der Waals surface area contributed by atoms with Crippen LogP contribution in [0.15, 0.2) is 12.2 Å². The molecule has 0 fully saturated rings. The first-order valence-corrected chi connectivity index (χ1v) is 6.57. The Labute approximate surface area is 109 Å². The van der Waals surface area contributed by atoms with Gasteiger partial charge in [-0.15, -0.1) is 0 Å². The molecule has 0 bridgehead atoms. The second-order valence-corrected chi connectivity index (χ2v) is 4.76. The smallest absolute Gasteiger partial charge is 0.330 e. The van der Waals surface area contributed by atoms with E-state index in [1.165, 1.54) is 31.4 Å². The molecule has 0 amide bonds. The lowest BCUT2D eigenvalue weighted by Crippen LogP contribution is -2.02. The molecule has 0 aromatic rings. The van der Waals surface area contributed by atoms with Crippen molar-refractivity contribution in [3.05, 3.63) is 12.2 Å². The average molecular weight is 256 g/mol. The molecule has 18 heavy (non-hydrogen) atoms. The first kappa shape index (κ1) is 16.7. The van der Waals surface area contributed by atoms with Gasteiger partial charge in [0.05, 0.1) is 13.0 Å². The highest BCUT2D eigenvalue weighted by Gasteiger charge is 1.98. The van der Waals surface area contributed by atoms with E-state index in [9.17, 15) is 9.59 Å². The highest BCUT2D eigenvalue weighted by atomic mass is 16.5. The van der Waals surface area contributed by atoms with Gasteiger partial charge in [0.1, 0.15) is 0 Å². The molecule has 0 radical (unpaired) electrons. The van der Waals surface area contributed by atoms with Crippen LogP contribution in [0.5, 0.6) is 0 Å². The van der Waals surface area contributed by atoms with E-state index < -0.39 is 11.9 Å². The van der Waals surface area contributed by atoms with Crippen molar-refractivity contribution in [1.29, 1.82) is 0 Å². The van der Waals surface area contributed by atoms with Crippen molar-refractivity contribution in [2.24, 2.45) is 5.92 Å². The van der Waals surface area contributed by atoms with E-state index in [1.54, 1.807) is 0 Å². The highest BCUT2D eigenvalue weighted by molar-refractivity contribution is 5.82. The summed E-state index contributed by atoms with van der Waals surface area (Å²) in [4.78, 5) is 21.3. The van der Waals surface area contributed by atoms with Crippen molar-refractivity contribution in [3.63, 3.8) is 0 Å². The van der Waals surface area contributed by atoms with Crippen LogP contribution in [0.1, 0.15) is 52.4 Å². The summed E-state index contributed by atoms with van der Waals surface area (Å²) in [5, 5.41) is 8.36. The first-order chi connectivity index (χ1) is 8.52. The van der Waals surface area contributed by atoms with Gasteiger partial charge in [-0.05, 0) is 12.3 Å². The largest absolute Gasteiger partial charge is 0.481 e. The topological polar surface area (TPSA) is 63.6 Å². The summed E-state index contributed by atoms with van der Waals surface area (Å²) in [6, 6.07) is 0. The Morgan fingerprint density at radius 2 is 1.83 bits per heavy atom. The summed E-state index contributed by atoms with van der Waals surface area (Å²) in [6.45, 7) is 4.84. The molecule has 4 heteroatoms. The number of hydrogen-bond donors (Lipinski definition) is 1. The lowest BCUT2D eigenvalue weighted by molar-refractivity contribution is -0.137. The number of carbonyl (C=O) groups is 2. The Hall–Kier alpha value is -1.32. The predicted molar refractivity (Wildman–Crippen MR) is 70.3 cm³/mol. The third kappa shape index (κ3) is 12.7. The van der Waals surface area contributed by atoms with Crippen molar-refractivity contribution in [3.8, 4) is 0 Å². The maximum absolute atomic E-state index is 11.1. The van der Waals surface area contributed by atoms with Gasteiger partial charge < -0.3 is 9.84 Å². The fourth-order valence-corrected chi connectivity index (χ4v) is 1.49. The lowest BCUT2D eigenvalue weighted by atomic mass is 10.0. The molecule has 0 aromatic heterocycles. The van der Waals surface area contributed by atoms with Gasteiger partial charge in [-0.2, -0.15) is 0 Å². The normalized spacial score (nSPS) is 11.1. The van der Waals surface area contributed by atoms with Gasteiger partial charge in [0, 0.05) is 6.08 Å². The second kappa shape index (κ2) is 10.8. The molecular formula is C14H24O4. The summed E-state index contributed by atoms with van der Waals surface area (Å²) in [6.07, 6.45) is 7.91. The van der Waals surface area contributed by atoms with Crippen LogP contribution in [0.4, 0.5) is 0 Å². The van der Waals surface area contributed by atoms with Gasteiger partial charge in [0.15, 0.2) is 0 Å². The fourth-order valence-electron chi connectivity index (χ4n) is 1.49. The molecule has 0 heterocycles. The summed E-state index contributed by atoms with van der Waals surface area (Å²) >= 11 is 0. The molecule has 0 saturated heterocycles. The van der Waals surface area contributed by atoms with Crippen molar-refractivity contribution in [2.45, 2.75) is 52.4 Å². The number of carbonyl (C=O) groups excluding carboxylic acids is 1. The van der Waals surface area contributed by atoms with E-state index >= 15 is 0 Å². The molecule has 0 aliphatic heterocycles. The van der Waals surface area contributed by atoms with Gasteiger partial charge in [-0.3, -0.25) is 4.79 Å². The highest BCUT2D eigenvalue weighted by Crippen LogP contribution is 2.09. The number of ether oxygens (including phenoxy) is 1. The third-order valence-electron chi connectivity index (χ3n) is 2.47. The number of esters is 1. The third-order valence-corrected chi connectivity index (χ3v) is 2.47. The number of carboxylic acids is 1. The summed E-state index contributed by atoms with van der Waals surface area (Å²) in [7, 11) is 0. The minimum atomic E-state index is -0.954. The number of hydrogen-bond acceptors (Lipinski definition) is 3. The van der Waals surface area contributed by atoms with Crippen LogP contribution in [0.25, 0.3) is 0 Å². The molecule has 1 N–H and O–H groups in total. The van der Waals surface area contributed by atoms with Gasteiger partial charge in [-0.25, -0.2) is 4.79 Å². The second-order valence-electron chi connectivity index (χ2n) is 4.76. The van der Waals surface area contributed by atoms with E-state index in [-0.39, 0.29) is 6.42 Å². The molecule has 0 aliphatic carbocycles. The summed E-state index contributed by atoms with van der Waals surface area (Å²) in [5.74, 6) is -0.662. The van der Waals surface area contributed by atoms with Crippen LogP contribution in [-0.2, 0) is 14.3 Å². The van der Waals surface area contributed by atoms with Crippen molar-refractivity contribution < 1.29 is 19.4 Å². The molecular weight excluding hydrogens is 232 g/mol. The van der Waals surface area contributed by atoms with Gasteiger partial charge in [0.25, 0.3) is 0 Å². The molecule has 4 nitrogen and oxygen atoms in total. The van der Waals surface area contributed by atoms with Crippen LogP contribution < -0.4 is 0 Å². The maximum atomic E-state index is 11.1. The number of aliphatic carboxylic acids is 1. The Balaban J connectivity index is 3.35. The number of unbranched alkanes of at least 4 members (excludes halogenated alkanes) is 3. The Kier molecular flexibility index (Phi) is 10.0. The number of carboxylic acid groups (broad SMARTS) is 1. The van der Waals surface area contributed by atoms with Crippen LogP contribution in [0.2, 0.25) is 0 Å². The SMILES string of the molecule is CC(C)CCCCCCOC(=O)C=CCC(=O)O. The molecule has 0 aliphatic rings. The van der Waals surface area contributed by atoms with E-state index in [1.807, 2.05) is 0 Å². The van der Waals surface area contributed by atoms with Crippen molar-refractivity contribution >= 4 is 11.9 Å². The van der Waals surface area contributed by atoms with Crippen molar-refractivity contribution in [2.75, 3.05) is 6.61 Å². The van der Waals surface area contributed by atoms with Crippen LogP contribution in [0.3, 0.4) is 0 Å². The average Bonchev–Trinajstić information content (AvgIpc) is 2.26. The van der Waals surface area contributed by atoms with Gasteiger partial charge in [-0.1, -0.05) is 45.6 Å². The van der Waals surface area contributed by atoms with Gasteiger partial charge >= 0.3 is 11.9 Å². The van der Waals surface area contributed by atoms with Gasteiger partial charge in [0.2, 0.25) is 0 Å². The summed E-state index contributed by atoms with van der Waals surface area (Å²) in [5.41, 5.74) is 0. The molecule has 0 atom stereocenters. The lowest BCUT2D eigenvalue weighted by Gasteiger charge is -2.04. The zero-order valence-electron chi connectivity index (χ0n) is 11.4. The minimum Gasteiger partial charge on any atom is -0.481 e. The van der Waals surface area contributed by atoms with Crippen molar-refractivity contribution in [1.82, 2.24) is 0 Å². The molecule has 0 aromatic carbocycles. The molecule has 0 saturated carbocycles. The van der Waals surface area contributed by atoms with E-state index in [0.29, 0.717) is 6.61 Å². The van der Waals surface area contributed by atoms with E-state index in [0.717, 1.165) is 18.8 Å². The predicted octanol–water partition coefficient (Wildman–Crippen LogP) is 3.17. The van der Waals surface area contributed by atoms with Crippen LogP contribution in [0, 0.1) is 5.92 Å². The molecule has 0 rings (SSSR count). The number of rotatable bonds is 10. The monoisotopic (exact) mass is 256 g/mol. The standard InChI is InChI=1S/C14H24O4/c1-12(2)8-5-3-4-6-11-18-14(17)10-7-9-13(15)16/h7,10,12H,3-6,8-9,11H2,1-2H3,(H,15,16). The quantitative estimate of drug-likeness (QED) is 0.370. The Bertz CT molecular complexity index is 269. The first-order valence-electron chi connectivity index (χ1n) is 6.57. The molecule has 104 valence electrons. The van der Waals surface area contributed by atoms with Crippen LogP contribution in [-0.4, -0.2) is 23.7 Å². The van der Waals surface area contributed by atoms with E-state index in [4.69, 9.17) is 9.84 Å². The molecule has 0 spiro atoms.